The molecule has 0 aliphatic carbocycles. The molecule has 0 amide bonds. The van der Waals surface area contributed by atoms with Crippen molar-refractivity contribution in [2.24, 2.45) is 0 Å². The van der Waals surface area contributed by atoms with Crippen molar-refractivity contribution in [2.75, 3.05) is 0 Å². The van der Waals surface area contributed by atoms with Gasteiger partial charge in [-0.1, -0.05) is 11.6 Å². The van der Waals surface area contributed by atoms with E-state index >= 15 is 0 Å². The Labute approximate surface area is 72.7 Å². The molecule has 1 aromatic carbocycles. The Bertz CT molecular complexity index is 273. The van der Waals surface area contributed by atoms with Crippen LogP contribution in [-0.4, -0.2) is 0 Å². The maximum absolute atomic E-state index is 12.7. The first-order chi connectivity index (χ1) is 5.16. The van der Waals surface area contributed by atoms with Crippen LogP contribution < -0.4 is 0 Å². The predicted molar refractivity (Wildman–Crippen MR) is 40.9 cm³/mol. The van der Waals surface area contributed by atoms with Crippen molar-refractivity contribution < 1.29 is 8.78 Å². The van der Waals surface area contributed by atoms with E-state index in [1.807, 2.05) is 0 Å². The molecule has 0 atom stereocenters. The van der Waals surface area contributed by atoms with E-state index in [-0.39, 0.29) is 16.5 Å². The topological polar surface area (TPSA) is 0 Å². The van der Waals surface area contributed by atoms with Crippen LogP contribution in [0.25, 0.3) is 0 Å². The number of hydrogen-bond acceptors (Lipinski definition) is 0. The Kier molecular flexibility index (Phi) is 2.68. The minimum atomic E-state index is -0.649. The van der Waals surface area contributed by atoms with Gasteiger partial charge in [0.25, 0.3) is 0 Å². The molecule has 4 heteroatoms. The molecule has 11 heavy (non-hydrogen) atoms. The summed E-state index contributed by atoms with van der Waals surface area (Å²) in [6, 6.07) is 1.96. The molecule has 0 fully saturated rings. The predicted octanol–water partition coefficient (Wildman–Crippen LogP) is 3.36. The Morgan fingerprint density at radius 3 is 2.18 bits per heavy atom. The molecular weight excluding hydrogens is 193 g/mol. The van der Waals surface area contributed by atoms with Crippen molar-refractivity contribution in [1.82, 2.24) is 0 Å². The number of rotatable bonds is 1. The van der Waals surface area contributed by atoms with Gasteiger partial charge in [-0.2, -0.15) is 0 Å². The van der Waals surface area contributed by atoms with Crippen molar-refractivity contribution in [3.8, 4) is 0 Å². The van der Waals surface area contributed by atoms with E-state index < -0.39 is 11.6 Å². The summed E-state index contributed by atoms with van der Waals surface area (Å²) in [6.07, 6.45) is 0. The van der Waals surface area contributed by atoms with Gasteiger partial charge in [-0.3, -0.25) is 0 Å². The van der Waals surface area contributed by atoms with Gasteiger partial charge in [0.05, 0.1) is 10.9 Å². The van der Waals surface area contributed by atoms with E-state index in [9.17, 15) is 8.78 Å². The lowest BCUT2D eigenvalue weighted by molar-refractivity contribution is 0.591. The van der Waals surface area contributed by atoms with Crippen molar-refractivity contribution in [1.29, 1.82) is 0 Å². The molecule has 0 spiro atoms. The second-order valence-electron chi connectivity index (χ2n) is 1.96. The van der Waals surface area contributed by atoms with Gasteiger partial charge in [-0.05, 0) is 12.1 Å². The van der Waals surface area contributed by atoms with E-state index in [2.05, 4.69) is 0 Å². The summed E-state index contributed by atoms with van der Waals surface area (Å²) in [5.41, 5.74) is 0.00772. The Morgan fingerprint density at radius 1 is 1.18 bits per heavy atom. The lowest BCUT2D eigenvalue weighted by atomic mass is 10.2. The molecule has 0 aromatic heterocycles. The quantitative estimate of drug-likeness (QED) is 0.478. The van der Waals surface area contributed by atoms with Crippen LogP contribution in [0.1, 0.15) is 5.56 Å². The SMILES string of the molecule is Fc1ccc(F)c(CCl)c1Cl. The first-order valence-electron chi connectivity index (χ1n) is 2.85. The molecule has 0 saturated carbocycles. The number of halogens is 4. The fourth-order valence-electron chi connectivity index (χ4n) is 0.692. The fourth-order valence-corrected chi connectivity index (χ4v) is 1.24. The van der Waals surface area contributed by atoms with E-state index in [0.717, 1.165) is 12.1 Å². The Hall–Kier alpha value is -0.340. The monoisotopic (exact) mass is 196 g/mol. The standard InChI is InChI=1S/C7H4Cl2F2/c8-3-4-5(10)1-2-6(11)7(4)9/h1-2H,3H2. The fraction of sp³-hybridized carbons (Fsp3) is 0.143. The van der Waals surface area contributed by atoms with Gasteiger partial charge in [0, 0.05) is 5.56 Å². The third-order valence-electron chi connectivity index (χ3n) is 1.27. The smallest absolute Gasteiger partial charge is 0.142 e. The summed E-state index contributed by atoms with van der Waals surface area (Å²) in [5, 5.41) is -0.236. The molecule has 1 rings (SSSR count). The molecule has 0 nitrogen and oxygen atoms in total. The first kappa shape index (κ1) is 8.75. The largest absolute Gasteiger partial charge is 0.207 e. The summed E-state index contributed by atoms with van der Waals surface area (Å²) < 4.78 is 25.3. The second kappa shape index (κ2) is 3.37. The molecule has 0 heterocycles. The zero-order valence-electron chi connectivity index (χ0n) is 5.37. The first-order valence-corrected chi connectivity index (χ1v) is 3.76. The molecule has 0 aliphatic heterocycles. The summed E-state index contributed by atoms with van der Waals surface area (Å²) in [7, 11) is 0. The van der Waals surface area contributed by atoms with Crippen LogP contribution in [-0.2, 0) is 5.88 Å². The molecule has 0 saturated heterocycles. The van der Waals surface area contributed by atoms with Gasteiger partial charge in [0.1, 0.15) is 11.6 Å². The highest BCUT2D eigenvalue weighted by atomic mass is 35.5. The van der Waals surface area contributed by atoms with Crippen LogP contribution in [0.3, 0.4) is 0 Å². The zero-order chi connectivity index (χ0) is 8.43. The van der Waals surface area contributed by atoms with Crippen molar-refractivity contribution in [3.05, 3.63) is 34.4 Å². The van der Waals surface area contributed by atoms with Crippen LogP contribution in [0, 0.1) is 11.6 Å². The van der Waals surface area contributed by atoms with Crippen molar-refractivity contribution in [2.45, 2.75) is 5.88 Å². The Morgan fingerprint density at radius 2 is 1.73 bits per heavy atom. The second-order valence-corrected chi connectivity index (χ2v) is 2.60. The van der Waals surface area contributed by atoms with Gasteiger partial charge in [0.15, 0.2) is 0 Å². The normalized spacial score (nSPS) is 10.2. The highest BCUT2D eigenvalue weighted by molar-refractivity contribution is 6.32. The van der Waals surface area contributed by atoms with Gasteiger partial charge >= 0.3 is 0 Å². The Balaban J connectivity index is 3.29. The minimum Gasteiger partial charge on any atom is -0.207 e. The molecule has 0 radical (unpaired) electrons. The maximum atomic E-state index is 12.7. The molecular formula is C7H4Cl2F2. The third-order valence-corrected chi connectivity index (χ3v) is 1.95. The summed E-state index contributed by atoms with van der Waals surface area (Å²) in [5.74, 6) is -1.35. The van der Waals surface area contributed by atoms with E-state index in [1.54, 1.807) is 0 Å². The lowest BCUT2D eigenvalue weighted by Gasteiger charge is -2.01. The molecule has 0 aliphatic rings. The van der Waals surface area contributed by atoms with Crippen LogP contribution >= 0.6 is 23.2 Å². The summed E-state index contributed by atoms with van der Waals surface area (Å²) >= 11 is 10.7. The van der Waals surface area contributed by atoms with E-state index in [1.165, 1.54) is 0 Å². The van der Waals surface area contributed by atoms with Crippen LogP contribution in [0.15, 0.2) is 12.1 Å². The zero-order valence-corrected chi connectivity index (χ0v) is 6.89. The van der Waals surface area contributed by atoms with Crippen molar-refractivity contribution >= 4 is 23.2 Å². The van der Waals surface area contributed by atoms with Crippen LogP contribution in [0.5, 0.6) is 0 Å². The van der Waals surface area contributed by atoms with E-state index in [0.29, 0.717) is 0 Å². The van der Waals surface area contributed by atoms with Gasteiger partial charge in [0.2, 0.25) is 0 Å². The average molecular weight is 197 g/mol. The average Bonchev–Trinajstić information content (AvgIpc) is 1.99. The number of alkyl halides is 1. The third kappa shape index (κ3) is 1.63. The number of benzene rings is 1. The summed E-state index contributed by atoms with van der Waals surface area (Å²) in [4.78, 5) is 0. The maximum Gasteiger partial charge on any atom is 0.142 e. The molecule has 0 N–H and O–H groups in total. The lowest BCUT2D eigenvalue weighted by Crippen LogP contribution is -1.90. The summed E-state index contributed by atoms with van der Waals surface area (Å²) in [6.45, 7) is 0. The number of hydrogen-bond donors (Lipinski definition) is 0. The van der Waals surface area contributed by atoms with Gasteiger partial charge in [-0.15, -0.1) is 11.6 Å². The van der Waals surface area contributed by atoms with Gasteiger partial charge < -0.3 is 0 Å². The molecule has 0 unspecified atom stereocenters. The van der Waals surface area contributed by atoms with Crippen molar-refractivity contribution in [3.63, 3.8) is 0 Å². The van der Waals surface area contributed by atoms with Crippen LogP contribution in [0.4, 0.5) is 8.78 Å². The van der Waals surface area contributed by atoms with E-state index in [4.69, 9.17) is 23.2 Å². The van der Waals surface area contributed by atoms with Crippen LogP contribution in [0.2, 0.25) is 5.02 Å². The highest BCUT2D eigenvalue weighted by Crippen LogP contribution is 2.23. The molecule has 0 bridgehead atoms. The van der Waals surface area contributed by atoms with Gasteiger partial charge in [-0.25, -0.2) is 8.78 Å². The minimum absolute atomic E-state index is 0.00772. The highest BCUT2D eigenvalue weighted by Gasteiger charge is 2.09. The molecule has 1 aromatic rings. The molecule has 60 valence electrons.